The van der Waals surface area contributed by atoms with Gasteiger partial charge in [0.1, 0.15) is 11.8 Å². The van der Waals surface area contributed by atoms with Gasteiger partial charge in [-0.15, -0.1) is 0 Å². The maximum absolute atomic E-state index is 14.0. The maximum atomic E-state index is 14.0. The Balaban J connectivity index is 1.60. The Hall–Kier alpha value is -4.14. The van der Waals surface area contributed by atoms with E-state index in [1.54, 1.807) is 19.1 Å². The van der Waals surface area contributed by atoms with E-state index in [4.69, 9.17) is 4.74 Å². The zero-order chi connectivity index (χ0) is 28.5. The molecule has 3 aromatic carbocycles. The number of nitrogens with zero attached hydrogens (tertiary/aromatic N) is 2. The normalized spacial score (nSPS) is 12.8. The summed E-state index contributed by atoms with van der Waals surface area (Å²) in [4.78, 5) is 30.9. The number of carboxylic acid groups (broad SMARTS) is 1. The van der Waals surface area contributed by atoms with Crippen LogP contribution in [0, 0.1) is 0 Å². The van der Waals surface area contributed by atoms with Crippen LogP contribution in [0.4, 0.5) is 0 Å². The van der Waals surface area contributed by atoms with Crippen molar-refractivity contribution in [2.75, 3.05) is 20.7 Å². The van der Waals surface area contributed by atoms with Gasteiger partial charge in [-0.25, -0.2) is 5.01 Å². The van der Waals surface area contributed by atoms with Gasteiger partial charge >= 0.3 is 5.97 Å². The van der Waals surface area contributed by atoms with Crippen molar-refractivity contribution < 1.29 is 19.4 Å². The lowest BCUT2D eigenvalue weighted by atomic mass is 10.0. The van der Waals surface area contributed by atoms with Crippen LogP contribution >= 0.6 is 0 Å². The molecule has 0 radical (unpaired) electrons. The molecule has 40 heavy (non-hydrogen) atoms. The molecule has 0 saturated carbocycles. The zero-order valence-corrected chi connectivity index (χ0v) is 23.3. The Bertz CT molecular complexity index is 1400. The Morgan fingerprint density at radius 1 is 0.950 bits per heavy atom. The summed E-state index contributed by atoms with van der Waals surface area (Å²) in [7, 11) is 3.42. The SMILES string of the molecule is CCN(N[C@H](CC(=O)O)Cc1c[nH]c2ccccc12)[C@@H](Cc1ccccc1)C(=O)N(C)Cc1ccccc1OC. The number of rotatable bonds is 14. The van der Waals surface area contributed by atoms with Crippen molar-refractivity contribution in [2.24, 2.45) is 0 Å². The van der Waals surface area contributed by atoms with Crippen LogP contribution in [-0.2, 0) is 29.0 Å². The van der Waals surface area contributed by atoms with E-state index in [0.29, 0.717) is 25.9 Å². The summed E-state index contributed by atoms with van der Waals surface area (Å²) in [5.74, 6) is -0.231. The highest BCUT2D eigenvalue weighted by Gasteiger charge is 2.31. The van der Waals surface area contributed by atoms with Gasteiger partial charge in [-0.2, -0.15) is 0 Å². The summed E-state index contributed by atoms with van der Waals surface area (Å²) in [6.45, 7) is 2.87. The molecule has 1 heterocycles. The second kappa shape index (κ2) is 13.8. The van der Waals surface area contributed by atoms with Crippen LogP contribution in [0.3, 0.4) is 0 Å². The number of nitrogens with one attached hydrogen (secondary N) is 2. The number of ether oxygens (including phenoxy) is 1. The molecule has 1 aromatic heterocycles. The lowest BCUT2D eigenvalue weighted by Gasteiger charge is -2.36. The van der Waals surface area contributed by atoms with Gasteiger partial charge in [0.05, 0.1) is 13.5 Å². The summed E-state index contributed by atoms with van der Waals surface area (Å²) in [6, 6.07) is 24.6. The smallest absolute Gasteiger partial charge is 0.304 e. The molecular weight excluding hydrogens is 504 g/mol. The van der Waals surface area contributed by atoms with Crippen LogP contribution in [-0.4, -0.2) is 64.7 Å². The number of aromatic amines is 1. The largest absolute Gasteiger partial charge is 0.496 e. The lowest BCUT2D eigenvalue weighted by molar-refractivity contribution is -0.139. The summed E-state index contributed by atoms with van der Waals surface area (Å²) in [5.41, 5.74) is 7.43. The second-order valence-corrected chi connectivity index (χ2v) is 9.99. The van der Waals surface area contributed by atoms with Gasteiger partial charge in [-0.1, -0.05) is 73.7 Å². The molecule has 0 aliphatic carbocycles. The number of aromatic nitrogens is 1. The van der Waals surface area contributed by atoms with Crippen molar-refractivity contribution >= 4 is 22.8 Å². The number of fused-ring (bicyclic) bond motifs is 1. The number of carbonyl (C=O) groups excluding carboxylic acids is 1. The van der Waals surface area contributed by atoms with Crippen LogP contribution in [0.15, 0.2) is 85.1 Å². The summed E-state index contributed by atoms with van der Waals surface area (Å²) < 4.78 is 5.50. The summed E-state index contributed by atoms with van der Waals surface area (Å²) in [5, 5.41) is 12.7. The first-order chi connectivity index (χ1) is 19.4. The third-order valence-corrected chi connectivity index (χ3v) is 7.16. The van der Waals surface area contributed by atoms with E-state index in [9.17, 15) is 14.7 Å². The Morgan fingerprint density at radius 3 is 2.38 bits per heavy atom. The van der Waals surface area contributed by atoms with Gasteiger partial charge in [-0.05, 0) is 36.1 Å². The molecule has 0 bridgehead atoms. The fourth-order valence-electron chi connectivity index (χ4n) is 5.17. The lowest BCUT2D eigenvalue weighted by Crippen LogP contribution is -2.57. The van der Waals surface area contributed by atoms with Crippen molar-refractivity contribution in [3.05, 3.63) is 102 Å². The van der Waals surface area contributed by atoms with E-state index in [0.717, 1.165) is 33.3 Å². The zero-order valence-electron chi connectivity index (χ0n) is 23.3. The van der Waals surface area contributed by atoms with E-state index in [1.807, 2.05) is 97.0 Å². The number of benzene rings is 3. The molecule has 8 nitrogen and oxygen atoms in total. The number of carbonyl (C=O) groups is 2. The fraction of sp³-hybridized carbons (Fsp3) is 0.312. The van der Waals surface area contributed by atoms with Crippen LogP contribution in [0.2, 0.25) is 0 Å². The Kier molecular flexibility index (Phi) is 9.94. The van der Waals surface area contributed by atoms with Gasteiger partial charge in [0.15, 0.2) is 0 Å². The van der Waals surface area contributed by atoms with Crippen molar-refractivity contribution in [1.29, 1.82) is 0 Å². The van der Waals surface area contributed by atoms with Gasteiger partial charge in [0.2, 0.25) is 5.91 Å². The number of carboxylic acids is 1. The summed E-state index contributed by atoms with van der Waals surface area (Å²) in [6.07, 6.45) is 2.82. The molecule has 210 valence electrons. The molecule has 2 atom stereocenters. The van der Waals surface area contributed by atoms with E-state index < -0.39 is 18.1 Å². The number of para-hydroxylation sites is 2. The molecule has 0 saturated heterocycles. The quantitative estimate of drug-likeness (QED) is 0.201. The molecule has 1 amide bonds. The summed E-state index contributed by atoms with van der Waals surface area (Å²) >= 11 is 0. The van der Waals surface area contributed by atoms with E-state index in [-0.39, 0.29) is 12.3 Å². The Labute approximate surface area is 235 Å². The molecule has 0 fully saturated rings. The number of hydrogen-bond acceptors (Lipinski definition) is 5. The average molecular weight is 543 g/mol. The molecular formula is C32H38N4O4. The molecule has 8 heteroatoms. The van der Waals surface area contributed by atoms with E-state index >= 15 is 0 Å². The highest BCUT2D eigenvalue weighted by Crippen LogP contribution is 2.22. The number of hydrogen-bond donors (Lipinski definition) is 3. The Morgan fingerprint density at radius 2 is 1.65 bits per heavy atom. The highest BCUT2D eigenvalue weighted by atomic mass is 16.5. The van der Waals surface area contributed by atoms with E-state index in [2.05, 4.69) is 10.4 Å². The minimum Gasteiger partial charge on any atom is -0.496 e. The molecule has 0 aliphatic rings. The van der Waals surface area contributed by atoms with Crippen LogP contribution in [0.1, 0.15) is 30.0 Å². The number of hydrazine groups is 1. The molecule has 4 aromatic rings. The molecule has 0 aliphatic heterocycles. The van der Waals surface area contributed by atoms with Crippen molar-refractivity contribution in [3.8, 4) is 5.75 Å². The molecule has 3 N–H and O–H groups in total. The minimum atomic E-state index is -0.896. The van der Waals surface area contributed by atoms with Gasteiger partial charge in [-0.3, -0.25) is 15.0 Å². The predicted molar refractivity (Wildman–Crippen MR) is 157 cm³/mol. The average Bonchev–Trinajstić information content (AvgIpc) is 3.37. The maximum Gasteiger partial charge on any atom is 0.304 e. The van der Waals surface area contributed by atoms with Crippen LogP contribution < -0.4 is 10.2 Å². The highest BCUT2D eigenvalue weighted by molar-refractivity contribution is 5.83. The van der Waals surface area contributed by atoms with Gasteiger partial charge in [0.25, 0.3) is 0 Å². The minimum absolute atomic E-state index is 0.0646. The first kappa shape index (κ1) is 28.9. The first-order valence-corrected chi connectivity index (χ1v) is 13.6. The van der Waals surface area contributed by atoms with Crippen LogP contribution in [0.5, 0.6) is 5.75 Å². The monoisotopic (exact) mass is 542 g/mol. The number of amides is 1. The topological polar surface area (TPSA) is 97.9 Å². The van der Waals surface area contributed by atoms with Crippen LogP contribution in [0.25, 0.3) is 10.9 Å². The van der Waals surface area contributed by atoms with Crippen molar-refractivity contribution in [2.45, 2.75) is 44.8 Å². The van der Waals surface area contributed by atoms with Gasteiger partial charge < -0.3 is 19.7 Å². The number of likely N-dealkylation sites (N-methyl/N-ethyl adjacent to an activating group) is 2. The second-order valence-electron chi connectivity index (χ2n) is 9.99. The third kappa shape index (κ3) is 7.28. The standard InChI is InChI=1S/C32H38N4O4/c1-4-36(34-26(20-31(37)38)19-25-21-33-28-16-10-9-15-27(25)28)29(18-23-12-6-5-7-13-23)32(39)35(2)22-24-14-8-11-17-30(24)40-3/h5-17,21,26,29,33-34H,4,18-20,22H2,1-3H3,(H,37,38)/t26-,29-/m0/s1. The third-order valence-electron chi connectivity index (χ3n) is 7.16. The number of methoxy groups -OCH3 is 1. The van der Waals surface area contributed by atoms with Crippen molar-refractivity contribution in [3.63, 3.8) is 0 Å². The number of aliphatic carboxylic acids is 1. The number of H-pyrrole nitrogens is 1. The van der Waals surface area contributed by atoms with Crippen molar-refractivity contribution in [1.82, 2.24) is 20.3 Å². The first-order valence-electron chi connectivity index (χ1n) is 13.6. The predicted octanol–water partition coefficient (Wildman–Crippen LogP) is 4.66. The molecule has 4 rings (SSSR count). The fourth-order valence-corrected chi connectivity index (χ4v) is 5.17. The van der Waals surface area contributed by atoms with Gasteiger partial charge in [0, 0.05) is 48.8 Å². The molecule has 0 spiro atoms. The van der Waals surface area contributed by atoms with E-state index in [1.165, 1.54) is 0 Å². The molecule has 0 unspecified atom stereocenters.